The first-order valence-corrected chi connectivity index (χ1v) is 7.34. The maximum Gasteiger partial charge on any atom is 0.344 e. The van der Waals surface area contributed by atoms with E-state index in [2.05, 4.69) is 0 Å². The van der Waals surface area contributed by atoms with Crippen LogP contribution in [0.3, 0.4) is 0 Å². The van der Waals surface area contributed by atoms with Gasteiger partial charge in [0.05, 0.1) is 18.8 Å². The molecule has 0 spiro atoms. The van der Waals surface area contributed by atoms with Crippen LogP contribution in [0.5, 0.6) is 17.2 Å². The van der Waals surface area contributed by atoms with Gasteiger partial charge < -0.3 is 24.1 Å². The Kier molecular flexibility index (Phi) is 7.54. The number of ether oxygens (including phenoxy) is 4. The zero-order valence-corrected chi connectivity index (χ0v) is 13.8. The van der Waals surface area contributed by atoms with Gasteiger partial charge in [-0.05, 0) is 32.9 Å². The van der Waals surface area contributed by atoms with Gasteiger partial charge in [-0.1, -0.05) is 0 Å². The molecule has 24 heavy (non-hydrogen) atoms. The molecule has 8 heteroatoms. The molecule has 0 saturated heterocycles. The molecule has 0 aliphatic rings. The van der Waals surface area contributed by atoms with Gasteiger partial charge in [0, 0.05) is 0 Å². The molecule has 0 amide bonds. The van der Waals surface area contributed by atoms with Crippen molar-refractivity contribution in [1.29, 1.82) is 0 Å². The van der Waals surface area contributed by atoms with E-state index >= 15 is 0 Å². The Hall–Kier alpha value is -2.77. The van der Waals surface area contributed by atoms with Crippen LogP contribution in [0.25, 0.3) is 0 Å². The minimum absolute atomic E-state index is 0.00246. The van der Waals surface area contributed by atoms with E-state index in [4.69, 9.17) is 18.9 Å². The number of carbonyl (C=O) groups excluding carboxylic acids is 3. The number of Topliss-reactive ketones (excluding diaryl/α,β-unsaturated/α-hetero) is 1. The lowest BCUT2D eigenvalue weighted by molar-refractivity contribution is -0.146. The van der Waals surface area contributed by atoms with Crippen molar-refractivity contribution in [2.75, 3.05) is 26.4 Å². The summed E-state index contributed by atoms with van der Waals surface area (Å²) < 4.78 is 19.9. The second-order valence-corrected chi connectivity index (χ2v) is 4.53. The molecule has 1 N–H and O–H groups in total. The molecular weight excluding hydrogens is 320 g/mol. The standard InChI is InChI=1S/C16H20O8/c1-4-21-13(18)8-23-12-7-6-11(10(3)17)15(20)16(12)24-9-14(19)22-5-2/h6-7,20H,4-5,8-9H2,1-3H3. The van der Waals surface area contributed by atoms with Crippen LogP contribution >= 0.6 is 0 Å². The molecule has 8 nitrogen and oxygen atoms in total. The lowest BCUT2D eigenvalue weighted by Crippen LogP contribution is -2.17. The molecule has 0 fully saturated rings. The summed E-state index contributed by atoms with van der Waals surface area (Å²) in [5, 5.41) is 10.2. The number of hydrogen-bond donors (Lipinski definition) is 1. The van der Waals surface area contributed by atoms with Crippen LogP contribution in [-0.4, -0.2) is 49.3 Å². The third kappa shape index (κ3) is 5.45. The van der Waals surface area contributed by atoms with E-state index in [-0.39, 0.29) is 30.3 Å². The third-order valence-electron chi connectivity index (χ3n) is 2.77. The molecule has 0 aromatic heterocycles. The monoisotopic (exact) mass is 340 g/mol. The van der Waals surface area contributed by atoms with Crippen molar-refractivity contribution in [3.63, 3.8) is 0 Å². The average Bonchev–Trinajstić information content (AvgIpc) is 2.52. The fourth-order valence-electron chi connectivity index (χ4n) is 1.76. The molecule has 0 heterocycles. The number of aromatic hydroxyl groups is 1. The van der Waals surface area contributed by atoms with E-state index in [0.717, 1.165) is 0 Å². The van der Waals surface area contributed by atoms with Crippen molar-refractivity contribution >= 4 is 17.7 Å². The fourth-order valence-corrected chi connectivity index (χ4v) is 1.76. The van der Waals surface area contributed by atoms with Crippen molar-refractivity contribution in [2.24, 2.45) is 0 Å². The Labute approximate surface area is 139 Å². The molecule has 0 bridgehead atoms. The van der Waals surface area contributed by atoms with E-state index in [1.54, 1.807) is 13.8 Å². The highest BCUT2D eigenvalue weighted by Crippen LogP contribution is 2.39. The smallest absolute Gasteiger partial charge is 0.344 e. The van der Waals surface area contributed by atoms with Gasteiger partial charge in [0.2, 0.25) is 5.75 Å². The van der Waals surface area contributed by atoms with Crippen LogP contribution in [0.4, 0.5) is 0 Å². The lowest BCUT2D eigenvalue weighted by atomic mass is 10.1. The van der Waals surface area contributed by atoms with Gasteiger partial charge in [0.1, 0.15) is 0 Å². The van der Waals surface area contributed by atoms with Crippen molar-refractivity contribution in [1.82, 2.24) is 0 Å². The van der Waals surface area contributed by atoms with E-state index in [9.17, 15) is 19.5 Å². The van der Waals surface area contributed by atoms with Gasteiger partial charge in [-0.2, -0.15) is 0 Å². The van der Waals surface area contributed by atoms with Gasteiger partial charge >= 0.3 is 11.9 Å². The number of carbonyl (C=O) groups is 3. The first-order valence-electron chi connectivity index (χ1n) is 7.34. The SMILES string of the molecule is CCOC(=O)COc1ccc(C(C)=O)c(O)c1OCC(=O)OCC. The summed E-state index contributed by atoms with van der Waals surface area (Å²) in [5.74, 6) is -2.36. The van der Waals surface area contributed by atoms with E-state index in [1.165, 1.54) is 19.1 Å². The van der Waals surface area contributed by atoms with Crippen molar-refractivity contribution in [2.45, 2.75) is 20.8 Å². The van der Waals surface area contributed by atoms with E-state index in [1.807, 2.05) is 0 Å². The molecule has 0 saturated carbocycles. The Bertz CT molecular complexity index is 608. The number of rotatable bonds is 9. The lowest BCUT2D eigenvalue weighted by Gasteiger charge is -2.15. The first kappa shape index (κ1) is 19.3. The summed E-state index contributed by atoms with van der Waals surface area (Å²) in [7, 11) is 0. The molecule has 0 aliphatic heterocycles. The Balaban J connectivity index is 2.99. The molecule has 1 aromatic carbocycles. The van der Waals surface area contributed by atoms with Gasteiger partial charge in [0.25, 0.3) is 0 Å². The van der Waals surface area contributed by atoms with Gasteiger partial charge in [-0.25, -0.2) is 9.59 Å². The van der Waals surface area contributed by atoms with Gasteiger partial charge in [-0.15, -0.1) is 0 Å². The largest absolute Gasteiger partial charge is 0.504 e. The predicted molar refractivity (Wildman–Crippen MR) is 82.4 cm³/mol. The molecule has 1 aromatic rings. The second-order valence-electron chi connectivity index (χ2n) is 4.53. The highest BCUT2D eigenvalue weighted by atomic mass is 16.6. The third-order valence-corrected chi connectivity index (χ3v) is 2.77. The zero-order chi connectivity index (χ0) is 18.1. The van der Waals surface area contributed by atoms with Crippen LogP contribution in [0.1, 0.15) is 31.1 Å². The summed E-state index contributed by atoms with van der Waals surface area (Å²) in [6.07, 6.45) is 0. The highest BCUT2D eigenvalue weighted by molar-refractivity contribution is 5.98. The maximum absolute atomic E-state index is 11.5. The van der Waals surface area contributed by atoms with Crippen LogP contribution in [-0.2, 0) is 19.1 Å². The number of ketones is 1. The number of phenolic OH excluding ortho intramolecular Hbond substituents is 1. The van der Waals surface area contributed by atoms with Gasteiger partial charge in [-0.3, -0.25) is 4.79 Å². The maximum atomic E-state index is 11.5. The Morgan fingerprint density at radius 1 is 0.958 bits per heavy atom. The van der Waals surface area contributed by atoms with Crippen LogP contribution in [0.15, 0.2) is 12.1 Å². The Morgan fingerprint density at radius 2 is 1.50 bits per heavy atom. The molecule has 1 rings (SSSR count). The van der Waals surface area contributed by atoms with Crippen LogP contribution < -0.4 is 9.47 Å². The minimum Gasteiger partial charge on any atom is -0.504 e. The number of hydrogen-bond acceptors (Lipinski definition) is 8. The van der Waals surface area contributed by atoms with Crippen molar-refractivity contribution < 1.29 is 38.4 Å². The normalized spacial score (nSPS) is 9.96. The summed E-state index contributed by atoms with van der Waals surface area (Å²) in [4.78, 5) is 34.3. The second kappa shape index (κ2) is 9.39. The molecular formula is C16H20O8. The van der Waals surface area contributed by atoms with Crippen LogP contribution in [0, 0.1) is 0 Å². The summed E-state index contributed by atoms with van der Waals surface area (Å²) in [6.45, 7) is 4.03. The quantitative estimate of drug-likeness (QED) is 0.532. The van der Waals surface area contributed by atoms with E-state index in [0.29, 0.717) is 0 Å². The molecule has 132 valence electrons. The molecule has 0 aliphatic carbocycles. The number of phenols is 1. The topological polar surface area (TPSA) is 108 Å². The Morgan fingerprint density at radius 3 is 2.00 bits per heavy atom. The van der Waals surface area contributed by atoms with Crippen LogP contribution in [0.2, 0.25) is 0 Å². The van der Waals surface area contributed by atoms with Gasteiger partial charge in [0.15, 0.2) is 30.5 Å². The highest BCUT2D eigenvalue weighted by Gasteiger charge is 2.20. The van der Waals surface area contributed by atoms with E-state index < -0.39 is 36.7 Å². The molecule has 0 atom stereocenters. The van der Waals surface area contributed by atoms with Crippen molar-refractivity contribution in [3.8, 4) is 17.2 Å². The summed E-state index contributed by atoms with van der Waals surface area (Å²) in [6, 6.07) is 2.69. The molecule has 0 radical (unpaired) electrons. The predicted octanol–water partition coefficient (Wildman–Crippen LogP) is 1.48. The first-order chi connectivity index (χ1) is 11.4. The summed E-state index contributed by atoms with van der Waals surface area (Å²) in [5.41, 5.74) is -0.00246. The number of esters is 2. The van der Waals surface area contributed by atoms with Crippen molar-refractivity contribution in [3.05, 3.63) is 17.7 Å². The average molecular weight is 340 g/mol. The number of benzene rings is 1. The zero-order valence-electron chi connectivity index (χ0n) is 13.8. The molecule has 0 unspecified atom stereocenters. The fraction of sp³-hybridized carbons (Fsp3) is 0.438. The minimum atomic E-state index is -0.651. The summed E-state index contributed by atoms with van der Waals surface area (Å²) >= 11 is 0.